The number of hydrogen-bond donors (Lipinski definition) is 2. The van der Waals surface area contributed by atoms with Crippen molar-refractivity contribution >= 4 is 15.9 Å². The van der Waals surface area contributed by atoms with E-state index in [1.165, 1.54) is 0 Å². The van der Waals surface area contributed by atoms with Gasteiger partial charge in [-0.25, -0.2) is 0 Å². The SMILES string of the molecule is COc1cc(OC)c(C(C)CC(O)CN)cc1Br. The van der Waals surface area contributed by atoms with Crippen LogP contribution in [0.1, 0.15) is 24.8 Å². The number of rotatable bonds is 6. The first-order valence-electron chi connectivity index (χ1n) is 5.83. The van der Waals surface area contributed by atoms with Gasteiger partial charge in [0.1, 0.15) is 11.5 Å². The van der Waals surface area contributed by atoms with Gasteiger partial charge in [0, 0.05) is 12.6 Å². The number of ether oxygens (including phenoxy) is 2. The van der Waals surface area contributed by atoms with Crippen LogP contribution in [-0.4, -0.2) is 32.0 Å². The molecule has 0 fully saturated rings. The van der Waals surface area contributed by atoms with E-state index in [1.54, 1.807) is 14.2 Å². The molecule has 102 valence electrons. The van der Waals surface area contributed by atoms with Gasteiger partial charge in [0.2, 0.25) is 0 Å². The average molecular weight is 318 g/mol. The molecule has 0 amide bonds. The summed E-state index contributed by atoms with van der Waals surface area (Å²) in [4.78, 5) is 0. The van der Waals surface area contributed by atoms with E-state index in [-0.39, 0.29) is 12.5 Å². The predicted molar refractivity (Wildman–Crippen MR) is 75.3 cm³/mol. The van der Waals surface area contributed by atoms with Crippen molar-refractivity contribution in [3.63, 3.8) is 0 Å². The number of halogens is 1. The standard InChI is InChI=1S/C13H20BrNO3/c1-8(4-9(16)7-15)10-5-11(14)13(18-3)6-12(10)17-2/h5-6,8-9,16H,4,7,15H2,1-3H3. The first-order valence-corrected chi connectivity index (χ1v) is 6.62. The molecule has 0 saturated carbocycles. The van der Waals surface area contributed by atoms with Gasteiger partial charge >= 0.3 is 0 Å². The van der Waals surface area contributed by atoms with Crippen molar-refractivity contribution in [2.75, 3.05) is 20.8 Å². The van der Waals surface area contributed by atoms with Crippen molar-refractivity contribution in [1.82, 2.24) is 0 Å². The second-order valence-corrected chi connectivity index (χ2v) is 5.11. The van der Waals surface area contributed by atoms with E-state index in [0.717, 1.165) is 21.5 Å². The van der Waals surface area contributed by atoms with Crippen LogP contribution >= 0.6 is 15.9 Å². The van der Waals surface area contributed by atoms with Gasteiger partial charge in [-0.3, -0.25) is 0 Å². The Morgan fingerprint density at radius 3 is 2.39 bits per heavy atom. The van der Waals surface area contributed by atoms with Gasteiger partial charge in [-0.05, 0) is 39.9 Å². The second-order valence-electron chi connectivity index (χ2n) is 4.25. The van der Waals surface area contributed by atoms with Crippen molar-refractivity contribution in [3.8, 4) is 11.5 Å². The number of methoxy groups -OCH3 is 2. The smallest absolute Gasteiger partial charge is 0.136 e. The van der Waals surface area contributed by atoms with Crippen molar-refractivity contribution in [3.05, 3.63) is 22.2 Å². The molecular formula is C13H20BrNO3. The van der Waals surface area contributed by atoms with Crippen LogP contribution in [0.2, 0.25) is 0 Å². The first kappa shape index (κ1) is 15.3. The number of benzene rings is 1. The Hall–Kier alpha value is -0.780. The van der Waals surface area contributed by atoms with E-state index >= 15 is 0 Å². The monoisotopic (exact) mass is 317 g/mol. The molecule has 2 unspecified atom stereocenters. The normalized spacial score (nSPS) is 14.1. The molecule has 0 heterocycles. The van der Waals surface area contributed by atoms with Gasteiger partial charge in [0.25, 0.3) is 0 Å². The van der Waals surface area contributed by atoms with Gasteiger partial charge < -0.3 is 20.3 Å². The zero-order valence-electron chi connectivity index (χ0n) is 10.9. The Morgan fingerprint density at radius 2 is 1.89 bits per heavy atom. The summed E-state index contributed by atoms with van der Waals surface area (Å²) in [6.07, 6.45) is 0.108. The molecule has 1 aromatic rings. The third-order valence-corrected chi connectivity index (χ3v) is 3.55. The van der Waals surface area contributed by atoms with Gasteiger partial charge in [-0.2, -0.15) is 0 Å². The minimum atomic E-state index is -0.495. The van der Waals surface area contributed by atoms with Gasteiger partial charge in [-0.15, -0.1) is 0 Å². The molecule has 0 aliphatic rings. The molecule has 0 aliphatic heterocycles. The fraction of sp³-hybridized carbons (Fsp3) is 0.538. The van der Waals surface area contributed by atoms with Gasteiger partial charge in [0.15, 0.2) is 0 Å². The summed E-state index contributed by atoms with van der Waals surface area (Å²) in [5.74, 6) is 1.63. The third kappa shape index (κ3) is 3.60. The van der Waals surface area contributed by atoms with Crippen LogP contribution in [-0.2, 0) is 0 Å². The molecule has 1 aromatic carbocycles. The van der Waals surface area contributed by atoms with Crippen LogP contribution in [0.4, 0.5) is 0 Å². The summed E-state index contributed by atoms with van der Waals surface area (Å²) in [6, 6.07) is 3.80. The highest BCUT2D eigenvalue weighted by Crippen LogP contribution is 2.37. The van der Waals surface area contributed by atoms with Crippen LogP contribution in [0.15, 0.2) is 16.6 Å². The number of nitrogens with two attached hydrogens (primary N) is 1. The molecule has 4 nitrogen and oxygen atoms in total. The maximum Gasteiger partial charge on any atom is 0.136 e. The first-order chi connectivity index (χ1) is 8.53. The van der Waals surface area contributed by atoms with E-state index in [9.17, 15) is 5.11 Å². The Balaban J connectivity index is 3.03. The summed E-state index contributed by atoms with van der Waals surface area (Å²) in [5.41, 5.74) is 6.46. The minimum absolute atomic E-state index is 0.153. The van der Waals surface area contributed by atoms with E-state index < -0.39 is 6.10 Å². The lowest BCUT2D eigenvalue weighted by Gasteiger charge is -2.19. The third-order valence-electron chi connectivity index (χ3n) is 2.93. The summed E-state index contributed by atoms with van der Waals surface area (Å²) in [5, 5.41) is 9.62. The highest BCUT2D eigenvalue weighted by Gasteiger charge is 2.17. The number of hydrogen-bond acceptors (Lipinski definition) is 4. The Morgan fingerprint density at radius 1 is 1.28 bits per heavy atom. The van der Waals surface area contributed by atoms with Crippen LogP contribution in [0, 0.1) is 0 Å². The van der Waals surface area contributed by atoms with Crippen molar-refractivity contribution in [2.24, 2.45) is 5.73 Å². The summed E-state index contributed by atoms with van der Waals surface area (Å²) >= 11 is 3.45. The van der Waals surface area contributed by atoms with E-state index in [1.807, 2.05) is 19.1 Å². The van der Waals surface area contributed by atoms with Crippen LogP contribution in [0.3, 0.4) is 0 Å². The molecule has 5 heteroatoms. The molecule has 18 heavy (non-hydrogen) atoms. The molecule has 3 N–H and O–H groups in total. The fourth-order valence-electron chi connectivity index (χ4n) is 1.90. The van der Waals surface area contributed by atoms with Crippen molar-refractivity contribution in [1.29, 1.82) is 0 Å². The van der Waals surface area contributed by atoms with Crippen molar-refractivity contribution in [2.45, 2.75) is 25.4 Å². The van der Waals surface area contributed by atoms with E-state index in [4.69, 9.17) is 15.2 Å². The number of aliphatic hydroxyl groups is 1. The summed E-state index contributed by atoms with van der Waals surface area (Å²) in [7, 11) is 3.24. The molecule has 0 bridgehead atoms. The van der Waals surface area contributed by atoms with Crippen molar-refractivity contribution < 1.29 is 14.6 Å². The molecule has 2 atom stereocenters. The van der Waals surface area contributed by atoms with Gasteiger partial charge in [0.05, 0.1) is 24.8 Å². The summed E-state index contributed by atoms with van der Waals surface area (Å²) < 4.78 is 11.5. The maximum atomic E-state index is 9.62. The van der Waals surface area contributed by atoms with Crippen LogP contribution in [0.5, 0.6) is 11.5 Å². The predicted octanol–water partition coefficient (Wildman–Crippen LogP) is 2.28. The molecule has 0 radical (unpaired) electrons. The molecule has 0 spiro atoms. The molecule has 1 rings (SSSR count). The fourth-order valence-corrected chi connectivity index (χ4v) is 2.42. The highest BCUT2D eigenvalue weighted by atomic mass is 79.9. The molecule has 0 aromatic heterocycles. The minimum Gasteiger partial charge on any atom is -0.496 e. The van der Waals surface area contributed by atoms with Crippen LogP contribution in [0.25, 0.3) is 0 Å². The Labute approximate surface area is 116 Å². The van der Waals surface area contributed by atoms with E-state index in [0.29, 0.717) is 6.42 Å². The Kier molecular flexibility index (Phi) is 5.91. The largest absolute Gasteiger partial charge is 0.496 e. The summed E-state index contributed by atoms with van der Waals surface area (Å²) in [6.45, 7) is 2.31. The van der Waals surface area contributed by atoms with Gasteiger partial charge in [-0.1, -0.05) is 6.92 Å². The lowest BCUT2D eigenvalue weighted by Crippen LogP contribution is -2.21. The van der Waals surface area contributed by atoms with Crippen LogP contribution < -0.4 is 15.2 Å². The quantitative estimate of drug-likeness (QED) is 0.844. The lowest BCUT2D eigenvalue weighted by molar-refractivity contribution is 0.164. The zero-order chi connectivity index (χ0) is 13.7. The zero-order valence-corrected chi connectivity index (χ0v) is 12.5. The molecular weight excluding hydrogens is 298 g/mol. The van der Waals surface area contributed by atoms with E-state index in [2.05, 4.69) is 15.9 Å². The maximum absolute atomic E-state index is 9.62. The second kappa shape index (κ2) is 6.97. The topological polar surface area (TPSA) is 64.7 Å². The number of aliphatic hydroxyl groups excluding tert-OH is 1. The Bertz CT molecular complexity index is 398. The molecule has 0 aliphatic carbocycles. The average Bonchev–Trinajstić information content (AvgIpc) is 2.38. The highest BCUT2D eigenvalue weighted by molar-refractivity contribution is 9.10. The lowest BCUT2D eigenvalue weighted by atomic mass is 9.94. The molecule has 0 saturated heterocycles.